The van der Waals surface area contributed by atoms with E-state index in [2.05, 4.69) is 169 Å². The summed E-state index contributed by atoms with van der Waals surface area (Å²) in [7, 11) is 2.19. The SMILES string of the molecule is Cn1c2ccccc2c2cccc(N(c3ccc4c(c3)C(C)(C)c3cc(-c5cccnc5)c5ccccc5c3-4)c3cccc4oc5ccccc5c34)c21. The van der Waals surface area contributed by atoms with Gasteiger partial charge in [-0.25, -0.2) is 0 Å². The van der Waals surface area contributed by atoms with E-state index in [9.17, 15) is 0 Å². The van der Waals surface area contributed by atoms with E-state index in [1.54, 1.807) is 0 Å². The molecule has 0 atom stereocenters. The molecule has 1 aliphatic carbocycles. The molecule has 1 aliphatic rings. The maximum absolute atomic E-state index is 6.48. The predicted molar refractivity (Wildman–Crippen MR) is 221 cm³/mol. The van der Waals surface area contributed by atoms with Gasteiger partial charge in [0.15, 0.2) is 0 Å². The lowest BCUT2D eigenvalue weighted by Crippen LogP contribution is -2.17. The molecule has 0 fully saturated rings. The molecule has 3 heterocycles. The van der Waals surface area contributed by atoms with Gasteiger partial charge in [0.05, 0.1) is 22.3 Å². The molecule has 0 radical (unpaired) electrons. The van der Waals surface area contributed by atoms with E-state index < -0.39 is 0 Å². The quantitative estimate of drug-likeness (QED) is 0.185. The predicted octanol–water partition coefficient (Wildman–Crippen LogP) is 13.2. The molecule has 0 saturated carbocycles. The maximum Gasteiger partial charge on any atom is 0.137 e. The van der Waals surface area contributed by atoms with Crippen molar-refractivity contribution in [2.24, 2.45) is 7.05 Å². The van der Waals surface area contributed by atoms with Gasteiger partial charge in [0, 0.05) is 57.8 Å². The molecule has 0 spiro atoms. The van der Waals surface area contributed by atoms with Crippen molar-refractivity contribution < 1.29 is 4.42 Å². The number of aromatic nitrogens is 2. The summed E-state index contributed by atoms with van der Waals surface area (Å²) >= 11 is 0. The van der Waals surface area contributed by atoms with Gasteiger partial charge in [-0.2, -0.15) is 0 Å². The number of para-hydroxylation sites is 3. The number of fused-ring (bicyclic) bond motifs is 11. The van der Waals surface area contributed by atoms with Crippen LogP contribution in [0, 0.1) is 0 Å². The monoisotopic (exact) mass is 681 g/mol. The largest absolute Gasteiger partial charge is 0.456 e. The van der Waals surface area contributed by atoms with Crippen LogP contribution in [0.5, 0.6) is 0 Å². The minimum absolute atomic E-state index is 0.257. The van der Waals surface area contributed by atoms with Crippen molar-refractivity contribution in [3.63, 3.8) is 0 Å². The molecule has 11 rings (SSSR count). The second kappa shape index (κ2) is 10.9. The van der Waals surface area contributed by atoms with E-state index in [0.717, 1.165) is 44.6 Å². The summed E-state index contributed by atoms with van der Waals surface area (Å²) in [6, 6.07) is 52.8. The zero-order valence-corrected chi connectivity index (χ0v) is 29.8. The van der Waals surface area contributed by atoms with Gasteiger partial charge < -0.3 is 13.9 Å². The molecule has 0 aliphatic heterocycles. The average molecular weight is 682 g/mol. The zero-order valence-electron chi connectivity index (χ0n) is 29.8. The first-order chi connectivity index (χ1) is 26.0. The van der Waals surface area contributed by atoms with Crippen LogP contribution in [-0.4, -0.2) is 9.55 Å². The minimum atomic E-state index is -0.257. The van der Waals surface area contributed by atoms with Crippen LogP contribution >= 0.6 is 0 Å². The first-order valence-corrected chi connectivity index (χ1v) is 18.3. The van der Waals surface area contributed by atoms with Crippen LogP contribution in [0.25, 0.3) is 76.8 Å². The third-order valence-corrected chi connectivity index (χ3v) is 11.7. The maximum atomic E-state index is 6.48. The lowest BCUT2D eigenvalue weighted by Gasteiger charge is -2.29. The van der Waals surface area contributed by atoms with E-state index in [4.69, 9.17) is 4.42 Å². The molecule has 0 N–H and O–H groups in total. The van der Waals surface area contributed by atoms with Crippen LogP contribution in [0.15, 0.2) is 162 Å². The highest BCUT2D eigenvalue weighted by Gasteiger charge is 2.38. The van der Waals surface area contributed by atoms with E-state index in [0.29, 0.717) is 0 Å². The molecule has 7 aromatic carbocycles. The van der Waals surface area contributed by atoms with Crippen molar-refractivity contribution in [1.82, 2.24) is 9.55 Å². The molecular weight excluding hydrogens is 647 g/mol. The van der Waals surface area contributed by atoms with Gasteiger partial charge in [0.25, 0.3) is 0 Å². The fourth-order valence-electron chi connectivity index (χ4n) is 9.22. The fraction of sp³-hybridized carbons (Fsp3) is 0.0816. The van der Waals surface area contributed by atoms with Gasteiger partial charge in [-0.15, -0.1) is 0 Å². The lowest BCUT2D eigenvalue weighted by molar-refractivity contribution is 0.661. The summed E-state index contributed by atoms with van der Waals surface area (Å²) in [6.45, 7) is 4.76. The fourth-order valence-corrected chi connectivity index (χ4v) is 9.22. The van der Waals surface area contributed by atoms with Gasteiger partial charge >= 0.3 is 0 Å². The number of aryl methyl sites for hydroxylation is 1. The van der Waals surface area contributed by atoms with E-state index in [1.807, 2.05) is 24.5 Å². The molecule has 0 amide bonds. The van der Waals surface area contributed by atoms with Crippen molar-refractivity contribution >= 4 is 71.6 Å². The Balaban J connectivity index is 1.21. The average Bonchev–Trinajstić information content (AvgIpc) is 3.81. The van der Waals surface area contributed by atoms with E-state index >= 15 is 0 Å². The highest BCUT2D eigenvalue weighted by molar-refractivity contribution is 6.17. The topological polar surface area (TPSA) is 34.2 Å². The Morgan fingerprint density at radius 2 is 1.30 bits per heavy atom. The van der Waals surface area contributed by atoms with Crippen LogP contribution < -0.4 is 4.90 Å². The zero-order chi connectivity index (χ0) is 35.4. The molecule has 4 heteroatoms. The number of hydrogen-bond acceptors (Lipinski definition) is 3. The van der Waals surface area contributed by atoms with Gasteiger partial charge in [-0.1, -0.05) is 105 Å². The van der Waals surface area contributed by atoms with Crippen LogP contribution in [0.3, 0.4) is 0 Å². The van der Waals surface area contributed by atoms with Gasteiger partial charge in [-0.3, -0.25) is 4.98 Å². The Morgan fingerprint density at radius 1 is 0.585 bits per heavy atom. The number of furan rings is 1. The molecular formula is C49H35N3O. The number of anilines is 3. The summed E-state index contributed by atoms with van der Waals surface area (Å²) in [5, 5.41) is 7.22. The Labute approximate surface area is 307 Å². The van der Waals surface area contributed by atoms with E-state index in [-0.39, 0.29) is 5.41 Å². The normalized spacial score (nSPS) is 13.3. The number of hydrogen-bond donors (Lipinski definition) is 0. The highest BCUT2D eigenvalue weighted by Crippen LogP contribution is 2.55. The van der Waals surface area contributed by atoms with Crippen LogP contribution in [0.4, 0.5) is 17.1 Å². The van der Waals surface area contributed by atoms with Gasteiger partial charge in [-0.05, 0) is 93.2 Å². The molecule has 0 saturated heterocycles. The van der Waals surface area contributed by atoms with Gasteiger partial charge in [0.1, 0.15) is 11.2 Å². The second-order valence-electron chi connectivity index (χ2n) is 14.8. The summed E-state index contributed by atoms with van der Waals surface area (Å²) in [6.07, 6.45) is 3.82. The first kappa shape index (κ1) is 30.0. The minimum Gasteiger partial charge on any atom is -0.456 e. The van der Waals surface area contributed by atoms with Crippen molar-refractivity contribution in [3.8, 4) is 22.3 Å². The number of benzene rings is 7. The number of rotatable bonds is 4. The number of nitrogens with zero attached hydrogens (tertiary/aromatic N) is 3. The summed E-state index contributed by atoms with van der Waals surface area (Å²) in [4.78, 5) is 6.95. The first-order valence-electron chi connectivity index (χ1n) is 18.3. The van der Waals surface area contributed by atoms with Crippen molar-refractivity contribution in [2.45, 2.75) is 19.3 Å². The third kappa shape index (κ3) is 4.15. The Hall–Kier alpha value is -6.65. The molecule has 252 valence electrons. The number of pyridine rings is 1. The van der Waals surface area contributed by atoms with Crippen LogP contribution in [0.2, 0.25) is 0 Å². The van der Waals surface area contributed by atoms with Crippen LogP contribution in [-0.2, 0) is 12.5 Å². The molecule has 10 aromatic rings. The third-order valence-electron chi connectivity index (χ3n) is 11.7. The smallest absolute Gasteiger partial charge is 0.137 e. The Kier molecular flexibility index (Phi) is 6.19. The molecule has 4 nitrogen and oxygen atoms in total. The summed E-state index contributed by atoms with van der Waals surface area (Å²) in [5.74, 6) is 0. The second-order valence-corrected chi connectivity index (χ2v) is 14.8. The van der Waals surface area contributed by atoms with Crippen molar-refractivity contribution in [1.29, 1.82) is 0 Å². The Bertz CT molecular complexity index is 3110. The van der Waals surface area contributed by atoms with Crippen LogP contribution in [0.1, 0.15) is 25.0 Å². The van der Waals surface area contributed by atoms with Crippen molar-refractivity contribution in [2.75, 3.05) is 4.90 Å². The molecule has 53 heavy (non-hydrogen) atoms. The van der Waals surface area contributed by atoms with E-state index in [1.165, 1.54) is 60.4 Å². The lowest BCUT2D eigenvalue weighted by atomic mass is 9.80. The molecule has 3 aromatic heterocycles. The highest BCUT2D eigenvalue weighted by atomic mass is 16.3. The molecule has 0 unspecified atom stereocenters. The summed E-state index contributed by atoms with van der Waals surface area (Å²) in [5.41, 5.74) is 14.8. The van der Waals surface area contributed by atoms with Crippen molar-refractivity contribution in [3.05, 3.63) is 169 Å². The molecule has 0 bridgehead atoms. The van der Waals surface area contributed by atoms with Gasteiger partial charge in [0.2, 0.25) is 0 Å². The summed E-state index contributed by atoms with van der Waals surface area (Å²) < 4.78 is 8.82. The Morgan fingerprint density at radius 3 is 2.15 bits per heavy atom. The standard InChI is InChI=1S/C49H35N3O/c1-49(2)39-27-31(24-25-36(39)46-34-16-5-4-14-32(34)38(28-40(46)49)30-13-12-26-50-29-30)52(42-20-11-23-45-47(42)37-17-7-9-22-44(37)53-45)43-21-10-18-35-33-15-6-8-19-41(33)51(3)48(35)43/h4-29H,1-3H3.